The molecule has 0 spiro atoms. The van der Waals surface area contributed by atoms with Crippen molar-refractivity contribution in [3.63, 3.8) is 0 Å². The molecular formula is C16H17NO3. The summed E-state index contributed by atoms with van der Waals surface area (Å²) in [6.45, 7) is 0.0622. The fourth-order valence-corrected chi connectivity index (χ4v) is 1.87. The standard InChI is InChI=1S/C16H17NO3/c18-14(12-7-3-1-4-8-12)11-17-16(20)15(19)13-9-5-2-6-10-13/h1-10,14-15,18-19H,11H2,(H,17,20)/t14-,15+/m1/s1. The van der Waals surface area contributed by atoms with Gasteiger partial charge in [0.1, 0.15) is 0 Å². The number of nitrogens with one attached hydrogen (secondary N) is 1. The van der Waals surface area contributed by atoms with E-state index in [9.17, 15) is 15.0 Å². The van der Waals surface area contributed by atoms with Crippen molar-refractivity contribution < 1.29 is 15.0 Å². The van der Waals surface area contributed by atoms with Gasteiger partial charge >= 0.3 is 0 Å². The molecule has 0 bridgehead atoms. The summed E-state index contributed by atoms with van der Waals surface area (Å²) in [6.07, 6.45) is -2.01. The van der Waals surface area contributed by atoms with Crippen LogP contribution in [0, 0.1) is 0 Å². The van der Waals surface area contributed by atoms with E-state index in [1.807, 2.05) is 24.3 Å². The Morgan fingerprint density at radius 1 is 0.900 bits per heavy atom. The van der Waals surface area contributed by atoms with Crippen LogP contribution in [-0.4, -0.2) is 22.7 Å². The average molecular weight is 271 g/mol. The van der Waals surface area contributed by atoms with Crippen LogP contribution in [0.1, 0.15) is 23.3 Å². The fraction of sp³-hybridized carbons (Fsp3) is 0.188. The maximum Gasteiger partial charge on any atom is 0.253 e. The molecule has 0 saturated carbocycles. The molecule has 0 aliphatic rings. The molecule has 0 radical (unpaired) electrons. The van der Waals surface area contributed by atoms with Crippen LogP contribution in [0.2, 0.25) is 0 Å². The second kappa shape index (κ2) is 6.84. The highest BCUT2D eigenvalue weighted by Crippen LogP contribution is 2.14. The summed E-state index contributed by atoms with van der Waals surface area (Å²) in [5.41, 5.74) is 1.25. The number of aliphatic hydroxyl groups excluding tert-OH is 2. The molecule has 1 amide bonds. The van der Waals surface area contributed by atoms with E-state index in [1.165, 1.54) is 0 Å². The zero-order valence-corrected chi connectivity index (χ0v) is 10.9. The lowest BCUT2D eigenvalue weighted by molar-refractivity contribution is -0.130. The number of carbonyl (C=O) groups is 1. The van der Waals surface area contributed by atoms with E-state index in [-0.39, 0.29) is 6.54 Å². The smallest absolute Gasteiger partial charge is 0.253 e. The molecule has 2 aromatic carbocycles. The largest absolute Gasteiger partial charge is 0.387 e. The lowest BCUT2D eigenvalue weighted by Crippen LogP contribution is -2.32. The van der Waals surface area contributed by atoms with Crippen LogP contribution < -0.4 is 5.32 Å². The summed E-state index contributed by atoms with van der Waals surface area (Å²) in [5.74, 6) is -0.522. The van der Waals surface area contributed by atoms with Crippen LogP contribution in [-0.2, 0) is 4.79 Å². The van der Waals surface area contributed by atoms with E-state index in [0.29, 0.717) is 5.56 Å². The van der Waals surface area contributed by atoms with E-state index >= 15 is 0 Å². The number of aliphatic hydroxyl groups is 2. The number of hydrogen-bond acceptors (Lipinski definition) is 3. The first-order chi connectivity index (χ1) is 9.68. The highest BCUT2D eigenvalue weighted by molar-refractivity contribution is 5.81. The lowest BCUT2D eigenvalue weighted by atomic mass is 10.1. The SMILES string of the molecule is O=C(NC[C@@H](O)c1ccccc1)[C@@H](O)c1ccccc1. The van der Waals surface area contributed by atoms with Gasteiger partial charge in [-0.1, -0.05) is 60.7 Å². The molecule has 0 unspecified atom stereocenters. The van der Waals surface area contributed by atoms with Gasteiger partial charge in [-0.15, -0.1) is 0 Å². The van der Waals surface area contributed by atoms with Crippen LogP contribution in [0.15, 0.2) is 60.7 Å². The van der Waals surface area contributed by atoms with E-state index in [1.54, 1.807) is 36.4 Å². The maximum absolute atomic E-state index is 11.8. The summed E-state index contributed by atoms with van der Waals surface area (Å²) in [5, 5.41) is 22.3. The third kappa shape index (κ3) is 3.66. The molecular weight excluding hydrogens is 254 g/mol. The lowest BCUT2D eigenvalue weighted by Gasteiger charge is -2.15. The molecule has 4 nitrogen and oxygen atoms in total. The monoisotopic (exact) mass is 271 g/mol. The van der Waals surface area contributed by atoms with Gasteiger partial charge in [-0.05, 0) is 11.1 Å². The molecule has 104 valence electrons. The van der Waals surface area contributed by atoms with Gasteiger partial charge in [0.2, 0.25) is 0 Å². The second-order valence-corrected chi connectivity index (χ2v) is 4.48. The van der Waals surface area contributed by atoms with Gasteiger partial charge in [-0.2, -0.15) is 0 Å². The van der Waals surface area contributed by atoms with Gasteiger partial charge in [0.15, 0.2) is 6.10 Å². The first kappa shape index (κ1) is 14.2. The van der Waals surface area contributed by atoms with Gasteiger partial charge in [0.25, 0.3) is 5.91 Å². The van der Waals surface area contributed by atoms with Crippen molar-refractivity contribution in [1.29, 1.82) is 0 Å². The second-order valence-electron chi connectivity index (χ2n) is 4.48. The molecule has 2 aromatic rings. The van der Waals surface area contributed by atoms with E-state index in [2.05, 4.69) is 5.32 Å². The summed E-state index contributed by atoms with van der Waals surface area (Å²) in [6, 6.07) is 17.7. The van der Waals surface area contributed by atoms with Gasteiger partial charge in [0, 0.05) is 6.54 Å². The van der Waals surface area contributed by atoms with E-state index in [0.717, 1.165) is 5.56 Å². The van der Waals surface area contributed by atoms with Crippen LogP contribution in [0.25, 0.3) is 0 Å². The van der Waals surface area contributed by atoms with Crippen molar-refractivity contribution in [3.8, 4) is 0 Å². The summed E-state index contributed by atoms with van der Waals surface area (Å²) in [4.78, 5) is 11.8. The predicted octanol–water partition coefficient (Wildman–Crippen LogP) is 1.57. The summed E-state index contributed by atoms with van der Waals surface area (Å²) in [7, 11) is 0. The van der Waals surface area contributed by atoms with Gasteiger partial charge in [-0.3, -0.25) is 4.79 Å². The Labute approximate surface area is 117 Å². The first-order valence-corrected chi connectivity index (χ1v) is 6.42. The molecule has 20 heavy (non-hydrogen) atoms. The number of carbonyl (C=O) groups excluding carboxylic acids is 1. The molecule has 0 aliphatic heterocycles. The Hall–Kier alpha value is -2.17. The van der Waals surface area contributed by atoms with Gasteiger partial charge in [-0.25, -0.2) is 0 Å². The van der Waals surface area contributed by atoms with Crippen molar-refractivity contribution in [2.24, 2.45) is 0 Å². The van der Waals surface area contributed by atoms with Crippen molar-refractivity contribution in [2.45, 2.75) is 12.2 Å². The number of benzene rings is 2. The summed E-state index contributed by atoms with van der Waals surface area (Å²) >= 11 is 0. The Kier molecular flexibility index (Phi) is 4.87. The third-order valence-electron chi connectivity index (χ3n) is 3.02. The van der Waals surface area contributed by atoms with Crippen LogP contribution >= 0.6 is 0 Å². The zero-order chi connectivity index (χ0) is 14.4. The Balaban J connectivity index is 1.89. The highest BCUT2D eigenvalue weighted by Gasteiger charge is 2.18. The fourth-order valence-electron chi connectivity index (χ4n) is 1.87. The predicted molar refractivity (Wildman–Crippen MR) is 75.8 cm³/mol. The normalized spacial score (nSPS) is 13.5. The molecule has 0 aromatic heterocycles. The summed E-state index contributed by atoms with van der Waals surface area (Å²) < 4.78 is 0. The van der Waals surface area contributed by atoms with E-state index in [4.69, 9.17) is 0 Å². The minimum Gasteiger partial charge on any atom is -0.387 e. The van der Waals surface area contributed by atoms with Crippen LogP contribution in [0.4, 0.5) is 0 Å². The Morgan fingerprint density at radius 3 is 1.95 bits per heavy atom. The van der Waals surface area contributed by atoms with E-state index < -0.39 is 18.1 Å². The quantitative estimate of drug-likeness (QED) is 0.773. The number of hydrogen-bond donors (Lipinski definition) is 3. The van der Waals surface area contributed by atoms with Crippen molar-refractivity contribution in [3.05, 3.63) is 71.8 Å². The Morgan fingerprint density at radius 2 is 1.40 bits per heavy atom. The molecule has 0 heterocycles. The number of amides is 1. The molecule has 3 N–H and O–H groups in total. The van der Waals surface area contributed by atoms with Crippen molar-refractivity contribution in [2.75, 3.05) is 6.54 Å². The zero-order valence-electron chi connectivity index (χ0n) is 10.9. The highest BCUT2D eigenvalue weighted by atomic mass is 16.3. The molecule has 0 aliphatic carbocycles. The molecule has 0 saturated heterocycles. The Bertz CT molecular complexity index is 542. The molecule has 2 atom stereocenters. The van der Waals surface area contributed by atoms with Crippen molar-refractivity contribution in [1.82, 2.24) is 5.32 Å². The molecule has 2 rings (SSSR count). The minimum absolute atomic E-state index is 0.0622. The number of rotatable bonds is 5. The van der Waals surface area contributed by atoms with Gasteiger partial charge in [0.05, 0.1) is 6.10 Å². The maximum atomic E-state index is 11.8. The first-order valence-electron chi connectivity index (χ1n) is 6.42. The van der Waals surface area contributed by atoms with Crippen LogP contribution in [0.5, 0.6) is 0 Å². The third-order valence-corrected chi connectivity index (χ3v) is 3.02. The topological polar surface area (TPSA) is 69.6 Å². The molecule has 0 fully saturated rings. The molecule has 4 heteroatoms. The van der Waals surface area contributed by atoms with Crippen molar-refractivity contribution >= 4 is 5.91 Å². The van der Waals surface area contributed by atoms with Crippen LogP contribution in [0.3, 0.4) is 0 Å². The minimum atomic E-state index is -1.22. The average Bonchev–Trinajstić information content (AvgIpc) is 2.53. The van der Waals surface area contributed by atoms with Gasteiger partial charge < -0.3 is 15.5 Å².